The fourth-order valence-electron chi connectivity index (χ4n) is 2.20. The molecule has 16 heavy (non-hydrogen) atoms. The summed E-state index contributed by atoms with van der Waals surface area (Å²) in [5, 5.41) is 8.61. The first-order valence-corrected chi connectivity index (χ1v) is 6.05. The summed E-state index contributed by atoms with van der Waals surface area (Å²) in [5.74, 6) is 0.687. The van der Waals surface area contributed by atoms with Gasteiger partial charge >= 0.3 is 0 Å². The van der Waals surface area contributed by atoms with E-state index in [1.54, 1.807) is 0 Å². The lowest BCUT2D eigenvalue weighted by Gasteiger charge is -2.34. The Morgan fingerprint density at radius 2 is 2.00 bits per heavy atom. The van der Waals surface area contributed by atoms with Crippen molar-refractivity contribution < 1.29 is 9.53 Å². The van der Waals surface area contributed by atoms with E-state index in [2.05, 4.69) is 0 Å². The Kier molecular flexibility index (Phi) is 3.79. The molecule has 0 atom stereocenters. The Labute approximate surface area is 96.2 Å². The van der Waals surface area contributed by atoms with Crippen LogP contribution in [0.1, 0.15) is 32.1 Å². The predicted octanol–water partition coefficient (Wildman–Crippen LogP) is 1.32. The van der Waals surface area contributed by atoms with Gasteiger partial charge in [0.25, 0.3) is 0 Å². The Bertz CT molecular complexity index is 288. The second-order valence-corrected chi connectivity index (χ2v) is 4.67. The largest absolute Gasteiger partial charge is 0.381 e. The Morgan fingerprint density at radius 1 is 1.31 bits per heavy atom. The van der Waals surface area contributed by atoms with Gasteiger partial charge in [-0.1, -0.05) is 0 Å². The molecule has 4 nitrogen and oxygen atoms in total. The van der Waals surface area contributed by atoms with Crippen molar-refractivity contribution in [2.45, 2.75) is 38.1 Å². The van der Waals surface area contributed by atoms with E-state index in [4.69, 9.17) is 10.00 Å². The van der Waals surface area contributed by atoms with Gasteiger partial charge in [-0.2, -0.15) is 5.26 Å². The smallest absolute Gasteiger partial charge is 0.237 e. The third-order valence-electron chi connectivity index (χ3n) is 3.33. The summed E-state index contributed by atoms with van der Waals surface area (Å²) >= 11 is 0. The van der Waals surface area contributed by atoms with Crippen LogP contribution in [0.5, 0.6) is 0 Å². The van der Waals surface area contributed by atoms with Gasteiger partial charge in [-0.05, 0) is 31.6 Å². The van der Waals surface area contributed by atoms with Crippen LogP contribution >= 0.6 is 0 Å². The lowest BCUT2D eigenvalue weighted by molar-refractivity contribution is -0.134. The molecule has 2 rings (SSSR count). The molecule has 2 aliphatic rings. The summed E-state index contributed by atoms with van der Waals surface area (Å²) in [6, 6.07) is 2.26. The van der Waals surface area contributed by atoms with E-state index in [0.29, 0.717) is 12.0 Å². The molecular formula is C12H18N2O2. The molecule has 1 amide bonds. The second kappa shape index (κ2) is 5.31. The standard InChI is InChI=1S/C12H18N2O2/c13-6-3-12(15)14(9-10-1-2-10)11-4-7-16-8-5-11/h10-11H,1-5,7-9H2. The van der Waals surface area contributed by atoms with Crippen molar-refractivity contribution in [3.8, 4) is 6.07 Å². The van der Waals surface area contributed by atoms with Crippen LogP contribution in [0.4, 0.5) is 0 Å². The van der Waals surface area contributed by atoms with E-state index in [1.807, 2.05) is 11.0 Å². The molecule has 0 unspecified atom stereocenters. The number of amides is 1. The van der Waals surface area contributed by atoms with Crippen molar-refractivity contribution >= 4 is 5.91 Å². The van der Waals surface area contributed by atoms with E-state index in [-0.39, 0.29) is 12.3 Å². The van der Waals surface area contributed by atoms with Gasteiger partial charge in [-0.25, -0.2) is 0 Å². The van der Waals surface area contributed by atoms with Crippen LogP contribution in [0.3, 0.4) is 0 Å². The summed E-state index contributed by atoms with van der Waals surface area (Å²) in [5.41, 5.74) is 0. The lowest BCUT2D eigenvalue weighted by Crippen LogP contribution is -2.44. The van der Waals surface area contributed by atoms with Crippen molar-refractivity contribution in [2.75, 3.05) is 19.8 Å². The van der Waals surface area contributed by atoms with Crippen LogP contribution in [0.25, 0.3) is 0 Å². The normalized spacial score (nSPS) is 21.4. The highest BCUT2D eigenvalue weighted by molar-refractivity contribution is 5.78. The fourth-order valence-corrected chi connectivity index (χ4v) is 2.20. The fraction of sp³-hybridized carbons (Fsp3) is 0.833. The number of rotatable bonds is 4. The van der Waals surface area contributed by atoms with Gasteiger partial charge < -0.3 is 9.64 Å². The highest BCUT2D eigenvalue weighted by Gasteiger charge is 2.31. The summed E-state index contributed by atoms with van der Waals surface area (Å²) in [6.45, 7) is 2.34. The van der Waals surface area contributed by atoms with Crippen molar-refractivity contribution in [2.24, 2.45) is 5.92 Å². The van der Waals surface area contributed by atoms with Crippen LogP contribution in [0, 0.1) is 17.2 Å². The van der Waals surface area contributed by atoms with Crippen molar-refractivity contribution in [1.29, 1.82) is 5.26 Å². The molecular weight excluding hydrogens is 204 g/mol. The van der Waals surface area contributed by atoms with Gasteiger partial charge in [0.2, 0.25) is 5.91 Å². The zero-order valence-corrected chi connectivity index (χ0v) is 9.52. The number of ether oxygens (including phenoxy) is 1. The van der Waals surface area contributed by atoms with Crippen molar-refractivity contribution in [3.63, 3.8) is 0 Å². The number of nitriles is 1. The minimum atomic E-state index is 0.00120. The number of carbonyl (C=O) groups is 1. The number of nitrogens with zero attached hydrogens (tertiary/aromatic N) is 2. The zero-order valence-electron chi connectivity index (χ0n) is 9.52. The molecule has 1 heterocycles. The Hall–Kier alpha value is -1.08. The SMILES string of the molecule is N#CCC(=O)N(CC1CC1)C1CCOCC1. The van der Waals surface area contributed by atoms with Crippen molar-refractivity contribution in [1.82, 2.24) is 4.90 Å². The number of carbonyl (C=O) groups excluding carboxylic acids is 1. The van der Waals surface area contributed by atoms with Crippen LogP contribution in [0.15, 0.2) is 0 Å². The van der Waals surface area contributed by atoms with Crippen molar-refractivity contribution in [3.05, 3.63) is 0 Å². The van der Waals surface area contributed by atoms with E-state index in [1.165, 1.54) is 12.8 Å². The van der Waals surface area contributed by atoms with Gasteiger partial charge in [0.15, 0.2) is 0 Å². The topological polar surface area (TPSA) is 53.3 Å². The van der Waals surface area contributed by atoms with Gasteiger partial charge in [-0.3, -0.25) is 4.79 Å². The number of hydrogen-bond donors (Lipinski definition) is 0. The van der Waals surface area contributed by atoms with Crippen LogP contribution in [0.2, 0.25) is 0 Å². The first kappa shape index (κ1) is 11.4. The number of hydrogen-bond acceptors (Lipinski definition) is 3. The maximum Gasteiger partial charge on any atom is 0.237 e. The van der Waals surface area contributed by atoms with Crippen LogP contribution in [-0.4, -0.2) is 36.6 Å². The van der Waals surface area contributed by atoms with Gasteiger partial charge in [-0.15, -0.1) is 0 Å². The lowest BCUT2D eigenvalue weighted by atomic mass is 10.1. The highest BCUT2D eigenvalue weighted by atomic mass is 16.5. The van der Waals surface area contributed by atoms with Crippen LogP contribution in [-0.2, 0) is 9.53 Å². The Morgan fingerprint density at radius 3 is 2.56 bits per heavy atom. The molecule has 0 aromatic carbocycles. The summed E-state index contributed by atoms with van der Waals surface area (Å²) in [7, 11) is 0. The summed E-state index contributed by atoms with van der Waals surface area (Å²) in [6.07, 6.45) is 4.33. The molecule has 1 saturated heterocycles. The molecule has 1 aliphatic carbocycles. The van der Waals surface area contributed by atoms with Gasteiger partial charge in [0, 0.05) is 25.8 Å². The molecule has 0 radical (unpaired) electrons. The van der Waals surface area contributed by atoms with E-state index in [9.17, 15) is 4.79 Å². The molecule has 1 saturated carbocycles. The molecule has 4 heteroatoms. The van der Waals surface area contributed by atoms with Gasteiger partial charge in [0.05, 0.1) is 6.07 Å². The maximum atomic E-state index is 11.9. The molecule has 0 aromatic rings. The summed E-state index contributed by atoms with van der Waals surface area (Å²) < 4.78 is 5.31. The molecule has 1 aliphatic heterocycles. The molecule has 2 fully saturated rings. The van der Waals surface area contributed by atoms with Crippen LogP contribution < -0.4 is 0 Å². The average Bonchev–Trinajstić information content (AvgIpc) is 3.11. The highest BCUT2D eigenvalue weighted by Crippen LogP contribution is 2.31. The monoisotopic (exact) mass is 222 g/mol. The molecule has 0 spiro atoms. The third-order valence-corrected chi connectivity index (χ3v) is 3.33. The summed E-state index contributed by atoms with van der Waals surface area (Å²) in [4.78, 5) is 13.8. The minimum Gasteiger partial charge on any atom is -0.381 e. The third kappa shape index (κ3) is 2.96. The average molecular weight is 222 g/mol. The zero-order chi connectivity index (χ0) is 11.4. The first-order chi connectivity index (χ1) is 7.81. The van der Waals surface area contributed by atoms with E-state index >= 15 is 0 Å². The first-order valence-electron chi connectivity index (χ1n) is 6.05. The molecule has 0 aromatic heterocycles. The minimum absolute atomic E-state index is 0.00120. The predicted molar refractivity (Wildman–Crippen MR) is 58.5 cm³/mol. The second-order valence-electron chi connectivity index (χ2n) is 4.67. The van der Waals surface area contributed by atoms with Gasteiger partial charge in [0.1, 0.15) is 6.42 Å². The molecule has 0 bridgehead atoms. The maximum absolute atomic E-state index is 11.9. The molecule has 0 N–H and O–H groups in total. The van der Waals surface area contributed by atoms with E-state index in [0.717, 1.165) is 32.6 Å². The van der Waals surface area contributed by atoms with E-state index < -0.39 is 0 Å². The Balaban J connectivity index is 1.94. The molecule has 88 valence electrons. The quantitative estimate of drug-likeness (QED) is 0.720.